The van der Waals surface area contributed by atoms with Gasteiger partial charge in [-0.2, -0.15) is 0 Å². The summed E-state index contributed by atoms with van der Waals surface area (Å²) < 4.78 is 5.11. The van der Waals surface area contributed by atoms with Crippen LogP contribution in [0.3, 0.4) is 0 Å². The van der Waals surface area contributed by atoms with Crippen molar-refractivity contribution < 1.29 is 9.53 Å². The molecule has 0 atom stereocenters. The topological polar surface area (TPSA) is 52.1 Å². The average molecular weight is 234 g/mol. The Kier molecular flexibility index (Phi) is 3.41. The summed E-state index contributed by atoms with van der Waals surface area (Å²) in [6, 6.07) is 0. The number of hydrogen-bond donors (Lipinski definition) is 0. The fourth-order valence-electron chi connectivity index (χ4n) is 2.48. The van der Waals surface area contributed by atoms with Gasteiger partial charge in [0, 0.05) is 17.8 Å². The Bertz CT molecular complexity index is 412. The fraction of sp³-hybridized carbons (Fsp3) is 0.615. The molecule has 0 aromatic carbocycles. The van der Waals surface area contributed by atoms with Gasteiger partial charge in [-0.05, 0) is 12.8 Å². The van der Waals surface area contributed by atoms with Crippen LogP contribution >= 0.6 is 0 Å². The highest BCUT2D eigenvalue weighted by atomic mass is 16.5. The molecule has 2 rings (SSSR count). The second-order valence-corrected chi connectivity index (χ2v) is 4.86. The third-order valence-corrected chi connectivity index (χ3v) is 3.58. The van der Waals surface area contributed by atoms with E-state index < -0.39 is 0 Å². The van der Waals surface area contributed by atoms with Gasteiger partial charge < -0.3 is 4.74 Å². The van der Waals surface area contributed by atoms with Gasteiger partial charge in [0.05, 0.1) is 7.11 Å². The first-order valence-corrected chi connectivity index (χ1v) is 6.07. The molecule has 4 nitrogen and oxygen atoms in total. The van der Waals surface area contributed by atoms with E-state index in [1.54, 1.807) is 12.4 Å². The molecule has 1 aromatic rings. The molecule has 1 fully saturated rings. The molecular weight excluding hydrogens is 216 g/mol. The quantitative estimate of drug-likeness (QED) is 0.754. The molecule has 1 aromatic heterocycles. The fourth-order valence-corrected chi connectivity index (χ4v) is 2.48. The lowest BCUT2D eigenvalue weighted by molar-refractivity contribution is 0.0739. The van der Waals surface area contributed by atoms with Gasteiger partial charge in [0.15, 0.2) is 11.5 Å². The Morgan fingerprint density at radius 3 is 2.53 bits per heavy atom. The van der Waals surface area contributed by atoms with Crippen LogP contribution in [0.25, 0.3) is 0 Å². The molecule has 1 aliphatic carbocycles. The molecule has 0 radical (unpaired) electrons. The van der Waals surface area contributed by atoms with E-state index in [1.165, 1.54) is 13.5 Å². The first-order valence-electron chi connectivity index (χ1n) is 6.07. The Morgan fingerprint density at radius 2 is 1.88 bits per heavy atom. The third-order valence-electron chi connectivity index (χ3n) is 3.58. The lowest BCUT2D eigenvalue weighted by Crippen LogP contribution is -2.31. The molecular formula is C13H18N2O2. The smallest absolute Gasteiger partial charge is 0.243 e. The minimum Gasteiger partial charge on any atom is -0.479 e. The van der Waals surface area contributed by atoms with Crippen molar-refractivity contribution >= 4 is 5.78 Å². The van der Waals surface area contributed by atoms with Crippen LogP contribution in [0, 0.1) is 5.41 Å². The summed E-state index contributed by atoms with van der Waals surface area (Å²) >= 11 is 0. The van der Waals surface area contributed by atoms with Crippen molar-refractivity contribution in [1.82, 2.24) is 9.97 Å². The van der Waals surface area contributed by atoms with Crippen LogP contribution in [0.2, 0.25) is 0 Å². The highest BCUT2D eigenvalue weighted by molar-refractivity contribution is 6.00. The van der Waals surface area contributed by atoms with Crippen LogP contribution in [-0.2, 0) is 0 Å². The summed E-state index contributed by atoms with van der Waals surface area (Å²) in [5, 5.41) is 0. The standard InChI is InChI=1S/C13H18N2O2/c1-13(6-4-3-5-7-13)11(16)10-12(17-2)15-9-8-14-10/h8-9H,3-7H2,1-2H3. The van der Waals surface area contributed by atoms with Crippen LogP contribution in [0.5, 0.6) is 5.88 Å². The number of methoxy groups -OCH3 is 1. The zero-order valence-corrected chi connectivity index (χ0v) is 10.4. The van der Waals surface area contributed by atoms with Crippen LogP contribution in [0.1, 0.15) is 49.5 Å². The largest absolute Gasteiger partial charge is 0.479 e. The van der Waals surface area contributed by atoms with E-state index in [9.17, 15) is 4.79 Å². The predicted molar refractivity (Wildman–Crippen MR) is 64.1 cm³/mol. The maximum atomic E-state index is 12.5. The maximum Gasteiger partial charge on any atom is 0.243 e. The lowest BCUT2D eigenvalue weighted by Gasteiger charge is -2.31. The minimum absolute atomic E-state index is 0.0714. The van der Waals surface area contributed by atoms with Crippen LogP contribution < -0.4 is 4.74 Å². The number of nitrogens with zero attached hydrogens (tertiary/aromatic N) is 2. The third kappa shape index (κ3) is 2.30. The Hall–Kier alpha value is -1.45. The van der Waals surface area contributed by atoms with Crippen molar-refractivity contribution in [2.75, 3.05) is 7.11 Å². The van der Waals surface area contributed by atoms with Crippen LogP contribution in [0.15, 0.2) is 12.4 Å². The summed E-state index contributed by atoms with van der Waals surface area (Å²) in [4.78, 5) is 20.7. The molecule has 1 saturated carbocycles. The van der Waals surface area contributed by atoms with Crippen molar-refractivity contribution in [2.45, 2.75) is 39.0 Å². The molecule has 1 heterocycles. The second kappa shape index (κ2) is 4.82. The van der Waals surface area contributed by atoms with Crippen molar-refractivity contribution in [3.05, 3.63) is 18.1 Å². The van der Waals surface area contributed by atoms with Gasteiger partial charge in [-0.1, -0.05) is 26.2 Å². The number of hydrogen-bond acceptors (Lipinski definition) is 4. The van der Waals surface area contributed by atoms with Crippen molar-refractivity contribution in [3.8, 4) is 5.88 Å². The normalized spacial score (nSPS) is 18.7. The highest BCUT2D eigenvalue weighted by Gasteiger charge is 2.37. The van der Waals surface area contributed by atoms with E-state index in [0.29, 0.717) is 11.6 Å². The molecule has 0 amide bonds. The number of ketones is 1. The van der Waals surface area contributed by atoms with E-state index in [4.69, 9.17) is 4.74 Å². The Balaban J connectivity index is 2.29. The van der Waals surface area contributed by atoms with Crippen LogP contribution in [0.4, 0.5) is 0 Å². The van der Waals surface area contributed by atoms with Crippen molar-refractivity contribution in [3.63, 3.8) is 0 Å². The van der Waals surface area contributed by atoms with Crippen molar-refractivity contribution in [1.29, 1.82) is 0 Å². The zero-order valence-electron chi connectivity index (χ0n) is 10.4. The number of carbonyl (C=O) groups excluding carboxylic acids is 1. The number of ether oxygens (including phenoxy) is 1. The summed E-state index contributed by atoms with van der Waals surface area (Å²) in [5.74, 6) is 0.409. The zero-order chi connectivity index (χ0) is 12.3. The number of rotatable bonds is 3. The average Bonchev–Trinajstić information content (AvgIpc) is 2.38. The molecule has 1 aliphatic rings. The van der Waals surface area contributed by atoms with Gasteiger partial charge in [-0.3, -0.25) is 4.79 Å². The molecule has 0 unspecified atom stereocenters. The Morgan fingerprint density at radius 1 is 1.24 bits per heavy atom. The molecule has 92 valence electrons. The maximum absolute atomic E-state index is 12.5. The number of carbonyl (C=O) groups is 1. The van der Waals surface area contributed by atoms with Gasteiger partial charge in [0.1, 0.15) is 0 Å². The molecule has 0 spiro atoms. The minimum atomic E-state index is -0.290. The van der Waals surface area contributed by atoms with Gasteiger partial charge in [0.25, 0.3) is 0 Å². The van der Waals surface area contributed by atoms with E-state index >= 15 is 0 Å². The van der Waals surface area contributed by atoms with E-state index in [0.717, 1.165) is 25.7 Å². The molecule has 17 heavy (non-hydrogen) atoms. The van der Waals surface area contributed by atoms with E-state index in [-0.39, 0.29) is 11.2 Å². The molecule has 0 aliphatic heterocycles. The van der Waals surface area contributed by atoms with Gasteiger partial charge in [0.2, 0.25) is 5.88 Å². The van der Waals surface area contributed by atoms with Crippen LogP contribution in [-0.4, -0.2) is 22.9 Å². The summed E-state index contributed by atoms with van der Waals surface area (Å²) in [7, 11) is 1.52. The molecule has 0 saturated heterocycles. The van der Waals surface area contributed by atoms with Gasteiger partial charge in [-0.15, -0.1) is 0 Å². The molecule has 0 N–H and O–H groups in total. The lowest BCUT2D eigenvalue weighted by atomic mass is 9.72. The monoisotopic (exact) mass is 234 g/mol. The molecule has 4 heteroatoms. The summed E-state index contributed by atoms with van der Waals surface area (Å²) in [5.41, 5.74) is 0.0843. The first-order chi connectivity index (χ1) is 8.17. The first kappa shape index (κ1) is 12.0. The second-order valence-electron chi connectivity index (χ2n) is 4.86. The highest BCUT2D eigenvalue weighted by Crippen LogP contribution is 2.39. The Labute approximate surface area is 101 Å². The summed E-state index contributed by atoms with van der Waals surface area (Å²) in [6.07, 6.45) is 8.41. The number of aromatic nitrogens is 2. The van der Waals surface area contributed by atoms with E-state index in [2.05, 4.69) is 9.97 Å². The molecule has 0 bridgehead atoms. The van der Waals surface area contributed by atoms with Gasteiger partial charge in [-0.25, -0.2) is 9.97 Å². The van der Waals surface area contributed by atoms with Crippen molar-refractivity contribution in [2.24, 2.45) is 5.41 Å². The van der Waals surface area contributed by atoms with E-state index in [1.807, 2.05) is 6.92 Å². The summed E-state index contributed by atoms with van der Waals surface area (Å²) in [6.45, 7) is 2.03. The predicted octanol–water partition coefficient (Wildman–Crippen LogP) is 2.64. The SMILES string of the molecule is COc1nccnc1C(=O)C1(C)CCCCC1. The number of Topliss-reactive ketones (excluding diaryl/α,β-unsaturated/α-hetero) is 1. The van der Waals surface area contributed by atoms with Gasteiger partial charge >= 0.3 is 0 Å².